The number of nitrogens with one attached hydrogen (secondary N) is 1. The lowest BCUT2D eigenvalue weighted by atomic mass is 9.97. The molecule has 0 atom stereocenters. The van der Waals surface area contributed by atoms with Gasteiger partial charge in [-0.25, -0.2) is 17.8 Å². The van der Waals surface area contributed by atoms with Gasteiger partial charge in [-0.15, -0.1) is 0 Å². The molecule has 4 aromatic carbocycles. The van der Waals surface area contributed by atoms with Gasteiger partial charge in [0.1, 0.15) is 28.4 Å². The van der Waals surface area contributed by atoms with Crippen molar-refractivity contribution in [3.8, 4) is 39.7 Å². The Morgan fingerprint density at radius 2 is 1.63 bits per heavy atom. The number of ether oxygens (including phenoxy) is 1. The Morgan fingerprint density at radius 1 is 0.935 bits per heavy atom. The summed E-state index contributed by atoms with van der Waals surface area (Å²) >= 11 is 0. The van der Waals surface area contributed by atoms with E-state index in [4.69, 9.17) is 18.6 Å². The van der Waals surface area contributed by atoms with Crippen molar-refractivity contribution in [3.05, 3.63) is 89.7 Å². The second-order valence-corrected chi connectivity index (χ2v) is 12.4. The molecular weight excluding hydrogens is 609 g/mol. The highest BCUT2D eigenvalue weighted by Gasteiger charge is 2.26. The number of anilines is 1. The largest absolute Gasteiger partial charge is 0.496 e. The summed E-state index contributed by atoms with van der Waals surface area (Å²) < 4.78 is 58.4. The van der Waals surface area contributed by atoms with E-state index in [0.29, 0.717) is 50.6 Å². The van der Waals surface area contributed by atoms with Crippen molar-refractivity contribution in [2.24, 2.45) is 0 Å². The summed E-state index contributed by atoms with van der Waals surface area (Å²) in [4.78, 5) is 17.9. The van der Waals surface area contributed by atoms with E-state index >= 15 is 0 Å². The van der Waals surface area contributed by atoms with Gasteiger partial charge in [0.25, 0.3) is 5.91 Å². The highest BCUT2D eigenvalue weighted by molar-refractivity contribution is 7.92. The van der Waals surface area contributed by atoms with Crippen molar-refractivity contribution < 1.29 is 31.2 Å². The van der Waals surface area contributed by atoms with Gasteiger partial charge in [0.15, 0.2) is 5.58 Å². The van der Waals surface area contributed by atoms with E-state index in [9.17, 15) is 17.6 Å². The van der Waals surface area contributed by atoms with Gasteiger partial charge >= 0.3 is 0 Å². The number of furan rings is 1. The molecule has 2 aromatic heterocycles. The third-order valence-corrected chi connectivity index (χ3v) is 8.76. The molecular formula is C35H34FN3O6S. The van der Waals surface area contributed by atoms with Gasteiger partial charge < -0.3 is 18.9 Å². The van der Waals surface area contributed by atoms with Gasteiger partial charge in [-0.3, -0.25) is 9.10 Å². The van der Waals surface area contributed by atoms with Crippen LogP contribution in [0.15, 0.2) is 81.6 Å². The number of nitrogens with zero attached hydrogens (tertiary/aromatic N) is 2. The van der Waals surface area contributed by atoms with E-state index in [-0.39, 0.29) is 16.9 Å². The number of aromatic nitrogens is 1. The Hall–Kier alpha value is -5.16. The topological polar surface area (TPSA) is 115 Å². The minimum atomic E-state index is -3.72. The van der Waals surface area contributed by atoms with Crippen LogP contribution in [0.4, 0.5) is 10.1 Å². The molecule has 11 heteroatoms. The smallest absolute Gasteiger partial charge is 0.255 e. The maximum absolute atomic E-state index is 13.7. The molecule has 9 nitrogen and oxygen atoms in total. The summed E-state index contributed by atoms with van der Waals surface area (Å²) in [7, 11) is 0.765. The highest BCUT2D eigenvalue weighted by atomic mass is 32.2. The molecule has 0 bridgehead atoms. The molecule has 0 spiro atoms. The quantitative estimate of drug-likeness (QED) is 0.189. The minimum Gasteiger partial charge on any atom is -0.496 e. The molecule has 0 saturated carbocycles. The molecule has 6 aromatic rings. The van der Waals surface area contributed by atoms with Crippen molar-refractivity contribution in [1.29, 1.82) is 0 Å². The first kappa shape index (κ1) is 32.2. The number of amides is 1. The van der Waals surface area contributed by atoms with Crippen molar-refractivity contribution in [3.63, 3.8) is 0 Å². The van der Waals surface area contributed by atoms with Gasteiger partial charge in [0, 0.05) is 36.7 Å². The Bertz CT molecular complexity index is 2190. The van der Waals surface area contributed by atoms with E-state index in [1.54, 1.807) is 37.4 Å². The number of para-hydroxylation sites is 1. The zero-order valence-corrected chi connectivity index (χ0v) is 27.4. The molecule has 0 fully saturated rings. The van der Waals surface area contributed by atoms with Crippen LogP contribution in [-0.2, 0) is 10.0 Å². The summed E-state index contributed by atoms with van der Waals surface area (Å²) in [5, 5.41) is 3.09. The molecule has 2 heterocycles. The Balaban J connectivity index is 0.00000204. The summed E-state index contributed by atoms with van der Waals surface area (Å²) in [6.07, 6.45) is 1.10. The van der Waals surface area contributed by atoms with Gasteiger partial charge in [-0.2, -0.15) is 0 Å². The molecule has 1 N–H and O–H groups in total. The fourth-order valence-corrected chi connectivity index (χ4v) is 5.71. The van der Waals surface area contributed by atoms with Gasteiger partial charge in [-0.05, 0) is 66.6 Å². The van der Waals surface area contributed by atoms with Crippen LogP contribution >= 0.6 is 0 Å². The van der Waals surface area contributed by atoms with Crippen LogP contribution in [0, 0.1) is 12.7 Å². The summed E-state index contributed by atoms with van der Waals surface area (Å²) in [5.41, 5.74) is 5.26. The normalized spacial score (nSPS) is 11.3. The van der Waals surface area contributed by atoms with Crippen LogP contribution in [-0.4, -0.2) is 46.8 Å². The first-order chi connectivity index (χ1) is 22.0. The zero-order chi connectivity index (χ0) is 33.3. The number of aryl methyl sites for hydroxylation is 1. The van der Waals surface area contributed by atoms with Crippen molar-refractivity contribution in [2.45, 2.75) is 20.8 Å². The van der Waals surface area contributed by atoms with Crippen LogP contribution in [0.5, 0.6) is 5.75 Å². The second kappa shape index (κ2) is 12.7. The number of methoxy groups -OCH3 is 1. The predicted octanol–water partition coefficient (Wildman–Crippen LogP) is 7.81. The van der Waals surface area contributed by atoms with Crippen LogP contribution in [0.1, 0.15) is 29.8 Å². The number of rotatable bonds is 7. The number of halogens is 1. The summed E-state index contributed by atoms with van der Waals surface area (Å²) in [6, 6.07) is 19.9. The molecule has 0 aliphatic rings. The molecule has 0 saturated heterocycles. The van der Waals surface area contributed by atoms with Crippen molar-refractivity contribution in [2.75, 3.05) is 31.8 Å². The van der Waals surface area contributed by atoms with Crippen molar-refractivity contribution >= 4 is 43.7 Å². The first-order valence-electron chi connectivity index (χ1n) is 14.6. The number of sulfonamides is 1. The number of hydrogen-bond donors (Lipinski definition) is 1. The third-order valence-electron chi connectivity index (χ3n) is 7.57. The van der Waals surface area contributed by atoms with E-state index < -0.39 is 21.7 Å². The van der Waals surface area contributed by atoms with Crippen LogP contribution < -0.4 is 14.4 Å². The number of oxazole rings is 1. The second-order valence-electron chi connectivity index (χ2n) is 10.3. The molecule has 6 rings (SSSR count). The lowest BCUT2D eigenvalue weighted by Crippen LogP contribution is -2.25. The van der Waals surface area contributed by atoms with Crippen molar-refractivity contribution in [1.82, 2.24) is 10.3 Å². The van der Waals surface area contributed by atoms with Gasteiger partial charge in [-0.1, -0.05) is 32.0 Å². The fraction of sp³-hybridized carbons (Fsp3) is 0.200. The minimum absolute atomic E-state index is 0.224. The monoisotopic (exact) mass is 643 g/mol. The summed E-state index contributed by atoms with van der Waals surface area (Å²) in [5.74, 6) is 0.206. The van der Waals surface area contributed by atoms with E-state index in [1.807, 2.05) is 39.0 Å². The molecule has 0 unspecified atom stereocenters. The number of carbonyl (C=O) groups excluding carboxylic acids is 1. The average molecular weight is 644 g/mol. The lowest BCUT2D eigenvalue weighted by Gasteiger charge is -2.21. The molecule has 0 aliphatic carbocycles. The first-order valence-corrected chi connectivity index (χ1v) is 16.4. The third kappa shape index (κ3) is 5.81. The molecule has 1 amide bonds. The maximum Gasteiger partial charge on any atom is 0.255 e. The van der Waals surface area contributed by atoms with E-state index in [2.05, 4.69) is 5.32 Å². The molecule has 238 valence electrons. The number of carbonyl (C=O) groups is 1. The van der Waals surface area contributed by atoms with E-state index in [1.165, 1.54) is 38.4 Å². The standard InChI is InChI=1S/C33H28FN3O6S.C2H6/c1-18-7-6-8-27-30(18)36-33(43-27)24-15-20(11-14-26(24)41-4)22-16-23-28(17-25(22)37(3)44(5,39)40)42-31(29(23)32(38)35-2)19-9-12-21(34)13-10-19;1-2/h6-17H,1-5H3,(H,35,38);1-2H3. The zero-order valence-electron chi connectivity index (χ0n) is 26.6. The Labute approximate surface area is 266 Å². The van der Waals surface area contributed by atoms with E-state index in [0.717, 1.165) is 21.6 Å². The lowest BCUT2D eigenvalue weighted by molar-refractivity contribution is 0.0964. The van der Waals surface area contributed by atoms with Gasteiger partial charge in [0.2, 0.25) is 15.9 Å². The Morgan fingerprint density at radius 3 is 2.26 bits per heavy atom. The maximum atomic E-state index is 13.7. The number of benzene rings is 4. The predicted molar refractivity (Wildman–Crippen MR) is 179 cm³/mol. The number of hydrogen-bond acceptors (Lipinski definition) is 7. The molecule has 0 radical (unpaired) electrons. The Kier molecular flexibility index (Phi) is 8.89. The molecule has 46 heavy (non-hydrogen) atoms. The summed E-state index contributed by atoms with van der Waals surface area (Å²) in [6.45, 7) is 5.94. The van der Waals surface area contributed by atoms with Gasteiger partial charge in [0.05, 0.1) is 30.2 Å². The van der Waals surface area contributed by atoms with Crippen LogP contribution in [0.3, 0.4) is 0 Å². The SMILES string of the molecule is CC.CNC(=O)c1c(-c2ccc(F)cc2)oc2cc(N(C)S(C)(=O)=O)c(-c3ccc(OC)c(-c4nc5c(C)cccc5o4)c3)cc12. The van der Waals surface area contributed by atoms with Crippen LogP contribution in [0.25, 0.3) is 56.0 Å². The molecule has 0 aliphatic heterocycles. The average Bonchev–Trinajstić information content (AvgIpc) is 3.66. The van der Waals surface area contributed by atoms with Crippen LogP contribution in [0.2, 0.25) is 0 Å². The fourth-order valence-electron chi connectivity index (χ4n) is 5.20. The number of fused-ring (bicyclic) bond motifs is 2. The highest BCUT2D eigenvalue weighted by Crippen LogP contribution is 2.43.